The summed E-state index contributed by atoms with van der Waals surface area (Å²) in [6.45, 7) is 0.103. The lowest BCUT2D eigenvalue weighted by Gasteiger charge is -2.06. The fourth-order valence-corrected chi connectivity index (χ4v) is 1.65. The molecule has 0 bridgehead atoms. The number of aromatic nitrogens is 1. The standard InChI is InChI=1S/C15H15NO3/c1-18-11-13(17)9-12-10-15(7-8-16-12)19-14-5-3-2-4-6-14/h2-8,10H,9,11H2,1H3. The topological polar surface area (TPSA) is 48.4 Å². The van der Waals surface area contributed by atoms with Crippen molar-refractivity contribution in [3.8, 4) is 11.5 Å². The molecule has 4 nitrogen and oxygen atoms in total. The number of Topliss-reactive ketones (excluding diaryl/α,β-unsaturated/α-hetero) is 1. The zero-order valence-electron chi connectivity index (χ0n) is 10.7. The number of pyridine rings is 1. The number of hydrogen-bond acceptors (Lipinski definition) is 4. The Labute approximate surface area is 112 Å². The summed E-state index contributed by atoms with van der Waals surface area (Å²) in [5.74, 6) is 1.41. The van der Waals surface area contributed by atoms with E-state index in [1.807, 2.05) is 30.3 Å². The van der Waals surface area contributed by atoms with E-state index in [2.05, 4.69) is 4.98 Å². The lowest BCUT2D eigenvalue weighted by atomic mass is 10.2. The quantitative estimate of drug-likeness (QED) is 0.798. The lowest BCUT2D eigenvalue weighted by Crippen LogP contribution is -2.10. The number of carbonyl (C=O) groups is 1. The molecule has 0 aliphatic heterocycles. The van der Waals surface area contributed by atoms with Gasteiger partial charge in [0.15, 0.2) is 5.78 Å². The summed E-state index contributed by atoms with van der Waals surface area (Å²) in [7, 11) is 1.50. The van der Waals surface area contributed by atoms with Crippen LogP contribution in [0, 0.1) is 0 Å². The lowest BCUT2D eigenvalue weighted by molar-refractivity contribution is -0.122. The first-order valence-electron chi connectivity index (χ1n) is 5.96. The molecule has 0 radical (unpaired) electrons. The minimum absolute atomic E-state index is 0.00754. The first kappa shape index (κ1) is 13.2. The van der Waals surface area contributed by atoms with E-state index in [-0.39, 0.29) is 18.8 Å². The zero-order chi connectivity index (χ0) is 13.5. The second kappa shape index (κ2) is 6.66. The number of ether oxygens (including phenoxy) is 2. The Morgan fingerprint density at radius 1 is 1.16 bits per heavy atom. The van der Waals surface area contributed by atoms with Crippen molar-refractivity contribution in [2.24, 2.45) is 0 Å². The summed E-state index contributed by atoms with van der Waals surface area (Å²) in [6.07, 6.45) is 1.88. The van der Waals surface area contributed by atoms with Crippen molar-refractivity contribution >= 4 is 5.78 Å². The van der Waals surface area contributed by atoms with E-state index in [1.165, 1.54) is 7.11 Å². The minimum Gasteiger partial charge on any atom is -0.457 e. The van der Waals surface area contributed by atoms with Gasteiger partial charge in [-0.3, -0.25) is 9.78 Å². The van der Waals surface area contributed by atoms with Gasteiger partial charge in [-0.2, -0.15) is 0 Å². The number of benzene rings is 1. The molecule has 1 heterocycles. The molecular formula is C15H15NO3. The van der Waals surface area contributed by atoms with Crippen LogP contribution in [0.15, 0.2) is 48.7 Å². The van der Waals surface area contributed by atoms with Crippen molar-refractivity contribution in [2.75, 3.05) is 13.7 Å². The molecule has 1 aromatic carbocycles. The van der Waals surface area contributed by atoms with E-state index in [9.17, 15) is 4.79 Å². The van der Waals surface area contributed by atoms with E-state index in [1.54, 1.807) is 18.3 Å². The van der Waals surface area contributed by atoms with E-state index in [0.29, 0.717) is 11.4 Å². The highest BCUT2D eigenvalue weighted by Gasteiger charge is 2.06. The third kappa shape index (κ3) is 4.19. The van der Waals surface area contributed by atoms with Gasteiger partial charge >= 0.3 is 0 Å². The number of rotatable bonds is 6. The van der Waals surface area contributed by atoms with E-state index in [0.717, 1.165) is 5.75 Å². The van der Waals surface area contributed by atoms with Crippen LogP contribution in [-0.4, -0.2) is 24.5 Å². The molecule has 0 amide bonds. The van der Waals surface area contributed by atoms with Crippen LogP contribution in [0.5, 0.6) is 11.5 Å². The average molecular weight is 257 g/mol. The van der Waals surface area contributed by atoms with Crippen molar-refractivity contribution in [1.29, 1.82) is 0 Å². The number of hydrogen-bond donors (Lipinski definition) is 0. The number of carbonyl (C=O) groups excluding carboxylic acids is 1. The van der Waals surface area contributed by atoms with Gasteiger partial charge in [0.25, 0.3) is 0 Å². The summed E-state index contributed by atoms with van der Waals surface area (Å²) in [4.78, 5) is 15.6. The number of ketones is 1. The van der Waals surface area contributed by atoms with Crippen LogP contribution in [0.3, 0.4) is 0 Å². The summed E-state index contributed by atoms with van der Waals surface area (Å²) in [6, 6.07) is 13.0. The molecule has 1 aromatic heterocycles. The van der Waals surface area contributed by atoms with E-state index < -0.39 is 0 Å². The molecule has 0 unspecified atom stereocenters. The molecule has 0 fully saturated rings. The molecule has 19 heavy (non-hydrogen) atoms. The summed E-state index contributed by atoms with van der Waals surface area (Å²) in [5.41, 5.74) is 0.676. The summed E-state index contributed by atoms with van der Waals surface area (Å²) >= 11 is 0. The molecule has 0 saturated heterocycles. The Hall–Kier alpha value is -2.20. The van der Waals surface area contributed by atoms with Crippen molar-refractivity contribution in [3.63, 3.8) is 0 Å². The molecule has 0 saturated carbocycles. The Morgan fingerprint density at radius 3 is 2.68 bits per heavy atom. The van der Waals surface area contributed by atoms with Crippen molar-refractivity contribution in [1.82, 2.24) is 4.98 Å². The number of para-hydroxylation sites is 1. The van der Waals surface area contributed by atoms with Gasteiger partial charge < -0.3 is 9.47 Å². The molecule has 0 aliphatic rings. The van der Waals surface area contributed by atoms with Gasteiger partial charge in [-0.25, -0.2) is 0 Å². The monoisotopic (exact) mass is 257 g/mol. The predicted molar refractivity (Wildman–Crippen MR) is 71.3 cm³/mol. The first-order chi connectivity index (χ1) is 9.28. The predicted octanol–water partition coefficient (Wildman–Crippen LogP) is 2.63. The van der Waals surface area contributed by atoms with Crippen LogP contribution >= 0.6 is 0 Å². The molecular weight excluding hydrogens is 242 g/mol. The first-order valence-corrected chi connectivity index (χ1v) is 5.96. The molecule has 98 valence electrons. The fraction of sp³-hybridized carbons (Fsp3) is 0.200. The summed E-state index contributed by atoms with van der Waals surface area (Å²) < 4.78 is 10.5. The number of methoxy groups -OCH3 is 1. The van der Waals surface area contributed by atoms with E-state index >= 15 is 0 Å². The molecule has 0 N–H and O–H groups in total. The maximum absolute atomic E-state index is 11.5. The van der Waals surface area contributed by atoms with Crippen LogP contribution in [0.1, 0.15) is 5.69 Å². The third-order valence-electron chi connectivity index (χ3n) is 2.45. The molecule has 0 spiro atoms. The van der Waals surface area contributed by atoms with Crippen LogP contribution in [0.4, 0.5) is 0 Å². The highest BCUT2D eigenvalue weighted by Crippen LogP contribution is 2.20. The van der Waals surface area contributed by atoms with E-state index in [4.69, 9.17) is 9.47 Å². The van der Waals surface area contributed by atoms with Gasteiger partial charge in [0.05, 0.1) is 12.1 Å². The van der Waals surface area contributed by atoms with Gasteiger partial charge in [-0.1, -0.05) is 18.2 Å². The smallest absolute Gasteiger partial charge is 0.164 e. The Bertz CT molecular complexity index is 540. The highest BCUT2D eigenvalue weighted by atomic mass is 16.5. The molecule has 2 rings (SSSR count). The van der Waals surface area contributed by atoms with Gasteiger partial charge in [0, 0.05) is 19.4 Å². The summed E-state index contributed by atoms with van der Waals surface area (Å²) in [5, 5.41) is 0. The van der Waals surface area contributed by atoms with Crippen molar-refractivity contribution in [2.45, 2.75) is 6.42 Å². The minimum atomic E-state index is -0.00754. The molecule has 4 heteroatoms. The van der Waals surface area contributed by atoms with Gasteiger partial charge in [0.2, 0.25) is 0 Å². The Balaban J connectivity index is 2.05. The molecule has 0 atom stereocenters. The van der Waals surface area contributed by atoms with Gasteiger partial charge in [0.1, 0.15) is 18.1 Å². The largest absolute Gasteiger partial charge is 0.457 e. The van der Waals surface area contributed by atoms with Crippen LogP contribution in [0.2, 0.25) is 0 Å². The van der Waals surface area contributed by atoms with Gasteiger partial charge in [-0.05, 0) is 18.2 Å². The second-order valence-corrected chi connectivity index (χ2v) is 4.05. The third-order valence-corrected chi connectivity index (χ3v) is 2.45. The normalized spacial score (nSPS) is 10.2. The van der Waals surface area contributed by atoms with Crippen molar-refractivity contribution in [3.05, 3.63) is 54.4 Å². The van der Waals surface area contributed by atoms with Gasteiger partial charge in [-0.15, -0.1) is 0 Å². The van der Waals surface area contributed by atoms with Crippen LogP contribution < -0.4 is 4.74 Å². The Kier molecular flexibility index (Phi) is 4.64. The average Bonchev–Trinajstić information content (AvgIpc) is 2.40. The van der Waals surface area contributed by atoms with Crippen LogP contribution in [0.25, 0.3) is 0 Å². The van der Waals surface area contributed by atoms with Crippen LogP contribution in [-0.2, 0) is 16.0 Å². The maximum atomic E-state index is 11.5. The second-order valence-electron chi connectivity index (χ2n) is 4.05. The Morgan fingerprint density at radius 2 is 1.95 bits per heavy atom. The fourth-order valence-electron chi connectivity index (χ4n) is 1.65. The molecule has 0 aliphatic carbocycles. The zero-order valence-corrected chi connectivity index (χ0v) is 10.7. The van der Waals surface area contributed by atoms with Crippen molar-refractivity contribution < 1.29 is 14.3 Å². The number of nitrogens with zero attached hydrogens (tertiary/aromatic N) is 1. The maximum Gasteiger partial charge on any atom is 0.164 e. The highest BCUT2D eigenvalue weighted by molar-refractivity contribution is 5.81. The molecule has 2 aromatic rings. The SMILES string of the molecule is COCC(=O)Cc1cc(Oc2ccccc2)ccn1.